The minimum Gasteiger partial charge on any atom is -0.379 e. The molecule has 3 heterocycles. The van der Waals surface area contributed by atoms with Crippen LogP contribution in [0.4, 0.5) is 0 Å². The number of nitrogens with one attached hydrogen (secondary N) is 1. The fraction of sp³-hybridized carbons (Fsp3) is 1.00. The van der Waals surface area contributed by atoms with E-state index in [0.29, 0.717) is 18.2 Å². The Bertz CT molecular complexity index is 219. The van der Waals surface area contributed by atoms with Crippen molar-refractivity contribution in [1.29, 1.82) is 0 Å². The molecule has 0 amide bonds. The van der Waals surface area contributed by atoms with Gasteiger partial charge in [0.25, 0.3) is 0 Å². The summed E-state index contributed by atoms with van der Waals surface area (Å²) >= 11 is 0. The quantitative estimate of drug-likeness (QED) is 0.832. The summed E-state index contributed by atoms with van der Waals surface area (Å²) in [6.07, 6.45) is 5.78. The molecule has 3 aliphatic heterocycles. The molecule has 0 aliphatic carbocycles. The maximum atomic E-state index is 6.06. The van der Waals surface area contributed by atoms with Crippen LogP contribution >= 0.6 is 12.4 Å². The standard InChI is InChI=1S/C13H24N2O2.ClH/c1-2-5-15(4-1)9-11-7-13(8-14-11)17-12-3-6-16-10-12;/h11-14H,1-10H2;1H/t11-,12?,13+;/m0./s1. The first-order valence-electron chi connectivity index (χ1n) is 7.09. The van der Waals surface area contributed by atoms with Gasteiger partial charge < -0.3 is 19.7 Å². The number of ether oxygens (including phenoxy) is 2. The molecule has 5 heteroatoms. The van der Waals surface area contributed by atoms with Gasteiger partial charge in [0.05, 0.1) is 18.8 Å². The highest BCUT2D eigenvalue weighted by Crippen LogP contribution is 2.18. The van der Waals surface area contributed by atoms with Gasteiger partial charge in [0.1, 0.15) is 0 Å². The number of nitrogens with zero attached hydrogens (tertiary/aromatic N) is 1. The van der Waals surface area contributed by atoms with E-state index in [4.69, 9.17) is 9.47 Å². The lowest BCUT2D eigenvalue weighted by molar-refractivity contribution is -0.00674. The van der Waals surface area contributed by atoms with Crippen molar-refractivity contribution in [2.24, 2.45) is 0 Å². The minimum atomic E-state index is 0. The van der Waals surface area contributed by atoms with Crippen LogP contribution in [0.1, 0.15) is 25.7 Å². The molecule has 0 radical (unpaired) electrons. The molecule has 0 aromatic heterocycles. The average molecular weight is 277 g/mol. The molecule has 0 saturated carbocycles. The smallest absolute Gasteiger partial charge is 0.0834 e. The highest BCUT2D eigenvalue weighted by atomic mass is 35.5. The minimum absolute atomic E-state index is 0. The van der Waals surface area contributed by atoms with Crippen molar-refractivity contribution >= 4 is 12.4 Å². The van der Waals surface area contributed by atoms with Crippen LogP contribution in [0.5, 0.6) is 0 Å². The van der Waals surface area contributed by atoms with E-state index < -0.39 is 0 Å². The monoisotopic (exact) mass is 276 g/mol. The Balaban J connectivity index is 0.00000120. The summed E-state index contributed by atoms with van der Waals surface area (Å²) in [5, 5.41) is 3.60. The van der Waals surface area contributed by atoms with Gasteiger partial charge in [-0.3, -0.25) is 0 Å². The van der Waals surface area contributed by atoms with Crippen molar-refractivity contribution in [1.82, 2.24) is 10.2 Å². The second-order valence-corrected chi connectivity index (χ2v) is 5.59. The lowest BCUT2D eigenvalue weighted by Crippen LogP contribution is -2.35. The molecule has 4 nitrogen and oxygen atoms in total. The first-order valence-corrected chi connectivity index (χ1v) is 7.09. The molecular weight excluding hydrogens is 252 g/mol. The SMILES string of the molecule is C1CCN(C[C@@H]2C[C@@H](OC3CCOC3)CN2)C1.Cl. The average Bonchev–Trinajstić information content (AvgIpc) is 3.02. The Kier molecular flexibility index (Phi) is 5.70. The van der Waals surface area contributed by atoms with E-state index in [1.54, 1.807) is 0 Å². The molecule has 106 valence electrons. The predicted molar refractivity (Wildman–Crippen MR) is 73.4 cm³/mol. The normalized spacial score (nSPS) is 37.0. The molecule has 0 spiro atoms. The molecule has 3 saturated heterocycles. The Morgan fingerprint density at radius 1 is 1.22 bits per heavy atom. The van der Waals surface area contributed by atoms with E-state index in [1.165, 1.54) is 38.9 Å². The van der Waals surface area contributed by atoms with Gasteiger partial charge in [0.2, 0.25) is 0 Å². The van der Waals surface area contributed by atoms with E-state index in [2.05, 4.69) is 10.2 Å². The second-order valence-electron chi connectivity index (χ2n) is 5.59. The molecule has 18 heavy (non-hydrogen) atoms. The molecule has 1 unspecified atom stereocenters. The van der Waals surface area contributed by atoms with Gasteiger partial charge in [-0.1, -0.05) is 0 Å². The predicted octanol–water partition coefficient (Wildman–Crippen LogP) is 1.04. The first kappa shape index (κ1) is 14.5. The van der Waals surface area contributed by atoms with Crippen LogP contribution in [0.3, 0.4) is 0 Å². The van der Waals surface area contributed by atoms with Crippen LogP contribution in [-0.4, -0.2) is 62.5 Å². The maximum absolute atomic E-state index is 6.06. The Labute approximate surface area is 116 Å². The van der Waals surface area contributed by atoms with Crippen LogP contribution < -0.4 is 5.32 Å². The number of hydrogen-bond donors (Lipinski definition) is 1. The second kappa shape index (κ2) is 7.06. The largest absolute Gasteiger partial charge is 0.379 e. The van der Waals surface area contributed by atoms with Crippen molar-refractivity contribution in [3.63, 3.8) is 0 Å². The van der Waals surface area contributed by atoms with Crippen LogP contribution in [0.15, 0.2) is 0 Å². The van der Waals surface area contributed by atoms with E-state index in [-0.39, 0.29) is 12.4 Å². The van der Waals surface area contributed by atoms with Crippen molar-refractivity contribution in [3.8, 4) is 0 Å². The fourth-order valence-electron chi connectivity index (χ4n) is 3.19. The Morgan fingerprint density at radius 3 is 2.78 bits per heavy atom. The van der Waals surface area contributed by atoms with Crippen molar-refractivity contribution in [2.45, 2.75) is 43.9 Å². The molecule has 0 bridgehead atoms. The molecule has 3 rings (SSSR count). The van der Waals surface area contributed by atoms with E-state index >= 15 is 0 Å². The molecular formula is C13H25ClN2O2. The van der Waals surface area contributed by atoms with Crippen LogP contribution in [-0.2, 0) is 9.47 Å². The van der Waals surface area contributed by atoms with Gasteiger partial charge in [0, 0.05) is 25.7 Å². The third-order valence-electron chi connectivity index (χ3n) is 4.13. The number of rotatable bonds is 4. The van der Waals surface area contributed by atoms with Gasteiger partial charge in [-0.2, -0.15) is 0 Å². The van der Waals surface area contributed by atoms with E-state index in [0.717, 1.165) is 26.2 Å². The van der Waals surface area contributed by atoms with Gasteiger partial charge in [-0.15, -0.1) is 12.4 Å². The lowest BCUT2D eigenvalue weighted by atomic mass is 10.2. The van der Waals surface area contributed by atoms with Crippen molar-refractivity contribution in [3.05, 3.63) is 0 Å². The highest BCUT2D eigenvalue weighted by molar-refractivity contribution is 5.85. The summed E-state index contributed by atoms with van der Waals surface area (Å²) in [4.78, 5) is 2.58. The fourth-order valence-corrected chi connectivity index (χ4v) is 3.19. The zero-order valence-corrected chi connectivity index (χ0v) is 11.8. The zero-order valence-electron chi connectivity index (χ0n) is 11.0. The maximum Gasteiger partial charge on any atom is 0.0834 e. The van der Waals surface area contributed by atoms with Gasteiger partial charge in [0.15, 0.2) is 0 Å². The molecule has 1 N–H and O–H groups in total. The highest BCUT2D eigenvalue weighted by Gasteiger charge is 2.29. The van der Waals surface area contributed by atoms with Crippen molar-refractivity contribution in [2.75, 3.05) is 39.4 Å². The summed E-state index contributed by atoms with van der Waals surface area (Å²) in [5.41, 5.74) is 0. The van der Waals surface area contributed by atoms with Gasteiger partial charge >= 0.3 is 0 Å². The van der Waals surface area contributed by atoms with Crippen molar-refractivity contribution < 1.29 is 9.47 Å². The van der Waals surface area contributed by atoms with Gasteiger partial charge in [-0.05, 0) is 38.8 Å². The zero-order chi connectivity index (χ0) is 11.5. The molecule has 0 aromatic carbocycles. The Morgan fingerprint density at radius 2 is 2.06 bits per heavy atom. The summed E-state index contributed by atoms with van der Waals surface area (Å²) in [5.74, 6) is 0. The third-order valence-corrected chi connectivity index (χ3v) is 4.13. The lowest BCUT2D eigenvalue weighted by Gasteiger charge is -2.20. The topological polar surface area (TPSA) is 33.7 Å². The molecule has 3 fully saturated rings. The van der Waals surface area contributed by atoms with Crippen LogP contribution in [0, 0.1) is 0 Å². The molecule has 3 atom stereocenters. The first-order chi connectivity index (χ1) is 8.40. The van der Waals surface area contributed by atoms with Crippen LogP contribution in [0.2, 0.25) is 0 Å². The third kappa shape index (κ3) is 3.81. The van der Waals surface area contributed by atoms with E-state index in [9.17, 15) is 0 Å². The van der Waals surface area contributed by atoms with E-state index in [1.807, 2.05) is 0 Å². The summed E-state index contributed by atoms with van der Waals surface area (Å²) in [6, 6.07) is 0.639. The summed E-state index contributed by atoms with van der Waals surface area (Å²) in [6.45, 7) is 6.49. The van der Waals surface area contributed by atoms with Crippen LogP contribution in [0.25, 0.3) is 0 Å². The Hall–Kier alpha value is 0.130. The number of halogens is 1. The molecule has 3 aliphatic rings. The summed E-state index contributed by atoms with van der Waals surface area (Å²) in [7, 11) is 0. The molecule has 0 aromatic rings. The van der Waals surface area contributed by atoms with Gasteiger partial charge in [-0.25, -0.2) is 0 Å². The number of hydrogen-bond acceptors (Lipinski definition) is 4. The number of likely N-dealkylation sites (tertiary alicyclic amines) is 1. The summed E-state index contributed by atoms with van der Waals surface area (Å²) < 4.78 is 11.4.